The zero-order chi connectivity index (χ0) is 12.2. The van der Waals surface area contributed by atoms with E-state index in [1.165, 1.54) is 0 Å². The van der Waals surface area contributed by atoms with Gasteiger partial charge in [-0.05, 0) is 13.8 Å². The number of carbonyl (C=O) groups is 1. The van der Waals surface area contributed by atoms with Crippen LogP contribution in [0.5, 0.6) is 0 Å². The molecule has 6 heteroatoms. The molecule has 0 bridgehead atoms. The molecule has 16 heavy (non-hydrogen) atoms. The van der Waals surface area contributed by atoms with Crippen molar-refractivity contribution < 1.29 is 14.1 Å². The second-order valence-corrected chi connectivity index (χ2v) is 4.35. The number of aromatic nitrogens is 1. The lowest BCUT2D eigenvalue weighted by Gasteiger charge is -2.22. The van der Waals surface area contributed by atoms with Crippen molar-refractivity contribution in [2.45, 2.75) is 26.0 Å². The predicted molar refractivity (Wildman–Crippen MR) is 59.5 cm³/mol. The fraction of sp³-hybridized carbons (Fsp3) is 0.600. The lowest BCUT2D eigenvalue weighted by Crippen LogP contribution is -2.45. The van der Waals surface area contributed by atoms with Gasteiger partial charge in [-0.2, -0.15) is 0 Å². The SMILES string of the molecule is COCc1cc(C(=O)NC(C)(C)CCl)no1. The Labute approximate surface area is 99.1 Å². The van der Waals surface area contributed by atoms with Crippen LogP contribution in [0.3, 0.4) is 0 Å². The Bertz CT molecular complexity index is 363. The van der Waals surface area contributed by atoms with Crippen LogP contribution < -0.4 is 5.32 Å². The number of methoxy groups -OCH3 is 1. The van der Waals surface area contributed by atoms with Crippen LogP contribution in [0.25, 0.3) is 0 Å². The van der Waals surface area contributed by atoms with Gasteiger partial charge >= 0.3 is 0 Å². The molecule has 1 N–H and O–H groups in total. The van der Waals surface area contributed by atoms with E-state index in [0.29, 0.717) is 18.2 Å². The van der Waals surface area contributed by atoms with Gasteiger partial charge in [-0.25, -0.2) is 0 Å². The summed E-state index contributed by atoms with van der Waals surface area (Å²) >= 11 is 5.70. The van der Waals surface area contributed by atoms with Crippen molar-refractivity contribution in [3.05, 3.63) is 17.5 Å². The van der Waals surface area contributed by atoms with E-state index in [1.807, 2.05) is 13.8 Å². The van der Waals surface area contributed by atoms with Gasteiger partial charge in [-0.15, -0.1) is 11.6 Å². The van der Waals surface area contributed by atoms with E-state index in [0.717, 1.165) is 0 Å². The molecule has 0 atom stereocenters. The highest BCUT2D eigenvalue weighted by atomic mass is 35.5. The van der Waals surface area contributed by atoms with Crippen molar-refractivity contribution in [2.24, 2.45) is 0 Å². The zero-order valence-corrected chi connectivity index (χ0v) is 10.3. The third-order valence-corrected chi connectivity index (χ3v) is 2.53. The Morgan fingerprint density at radius 2 is 2.38 bits per heavy atom. The molecule has 1 amide bonds. The van der Waals surface area contributed by atoms with Crippen molar-refractivity contribution in [3.8, 4) is 0 Å². The van der Waals surface area contributed by atoms with Gasteiger partial charge in [0.25, 0.3) is 5.91 Å². The highest BCUT2D eigenvalue weighted by Crippen LogP contribution is 2.09. The average Bonchev–Trinajstić information content (AvgIpc) is 2.66. The van der Waals surface area contributed by atoms with Crippen LogP contribution >= 0.6 is 11.6 Å². The Morgan fingerprint density at radius 1 is 1.69 bits per heavy atom. The van der Waals surface area contributed by atoms with Crippen molar-refractivity contribution in [1.82, 2.24) is 10.5 Å². The van der Waals surface area contributed by atoms with Crippen LogP contribution in [-0.4, -0.2) is 29.6 Å². The largest absolute Gasteiger partial charge is 0.377 e. The standard InChI is InChI=1S/C10H15ClN2O3/c1-10(2,6-11)12-9(14)8-4-7(5-15-3)16-13-8/h4H,5-6H2,1-3H3,(H,12,14). The van der Waals surface area contributed by atoms with Gasteiger partial charge in [0.2, 0.25) is 0 Å². The van der Waals surface area contributed by atoms with Crippen molar-refractivity contribution in [2.75, 3.05) is 13.0 Å². The maximum Gasteiger partial charge on any atom is 0.273 e. The second-order valence-electron chi connectivity index (χ2n) is 4.08. The van der Waals surface area contributed by atoms with Crippen LogP contribution in [0.15, 0.2) is 10.6 Å². The Balaban J connectivity index is 2.66. The van der Waals surface area contributed by atoms with E-state index in [1.54, 1.807) is 13.2 Å². The summed E-state index contributed by atoms with van der Waals surface area (Å²) in [5.74, 6) is 0.523. The molecular formula is C10H15ClN2O3. The third kappa shape index (κ3) is 3.50. The van der Waals surface area contributed by atoms with Gasteiger partial charge in [-0.3, -0.25) is 4.79 Å². The molecule has 0 aliphatic heterocycles. The number of carbonyl (C=O) groups excluding carboxylic acids is 1. The molecule has 0 saturated heterocycles. The van der Waals surface area contributed by atoms with E-state index in [9.17, 15) is 4.79 Å². The second kappa shape index (κ2) is 5.32. The van der Waals surface area contributed by atoms with E-state index in [-0.39, 0.29) is 11.6 Å². The molecule has 0 unspecified atom stereocenters. The summed E-state index contributed by atoms with van der Waals surface area (Å²) in [6, 6.07) is 1.54. The van der Waals surface area contributed by atoms with E-state index in [2.05, 4.69) is 10.5 Å². The molecule has 0 aliphatic rings. The van der Waals surface area contributed by atoms with Gasteiger partial charge in [0, 0.05) is 24.6 Å². The first-order valence-electron chi connectivity index (χ1n) is 4.81. The first-order valence-corrected chi connectivity index (χ1v) is 5.35. The number of alkyl halides is 1. The monoisotopic (exact) mass is 246 g/mol. The number of hydrogen-bond acceptors (Lipinski definition) is 4. The number of nitrogens with zero attached hydrogens (tertiary/aromatic N) is 1. The summed E-state index contributed by atoms with van der Waals surface area (Å²) in [6.07, 6.45) is 0. The van der Waals surface area contributed by atoms with Crippen LogP contribution in [0.2, 0.25) is 0 Å². The molecule has 1 rings (SSSR count). The number of hydrogen-bond donors (Lipinski definition) is 1. The number of rotatable bonds is 5. The highest BCUT2D eigenvalue weighted by molar-refractivity contribution is 6.18. The molecule has 0 radical (unpaired) electrons. The quantitative estimate of drug-likeness (QED) is 0.801. The summed E-state index contributed by atoms with van der Waals surface area (Å²) in [5, 5.41) is 6.39. The lowest BCUT2D eigenvalue weighted by molar-refractivity contribution is 0.0910. The van der Waals surface area contributed by atoms with Gasteiger partial charge in [0.15, 0.2) is 11.5 Å². The number of halogens is 1. The van der Waals surface area contributed by atoms with Gasteiger partial charge in [-0.1, -0.05) is 5.16 Å². The summed E-state index contributed by atoms with van der Waals surface area (Å²) < 4.78 is 9.76. The maximum atomic E-state index is 11.7. The molecule has 1 aromatic heterocycles. The van der Waals surface area contributed by atoms with Gasteiger partial charge in [0.1, 0.15) is 6.61 Å². The van der Waals surface area contributed by atoms with Crippen LogP contribution in [0.4, 0.5) is 0 Å². The first-order chi connectivity index (χ1) is 7.48. The van der Waals surface area contributed by atoms with E-state index in [4.69, 9.17) is 20.9 Å². The minimum absolute atomic E-state index is 0.227. The summed E-state index contributed by atoms with van der Waals surface area (Å²) in [7, 11) is 1.54. The molecular weight excluding hydrogens is 232 g/mol. The fourth-order valence-corrected chi connectivity index (χ4v) is 1.10. The topological polar surface area (TPSA) is 64.4 Å². The summed E-state index contributed by atoms with van der Waals surface area (Å²) in [6.45, 7) is 3.95. The molecule has 1 heterocycles. The Hall–Kier alpha value is -1.07. The van der Waals surface area contributed by atoms with Crippen molar-refractivity contribution >= 4 is 17.5 Å². The fourth-order valence-electron chi connectivity index (χ4n) is 1.04. The van der Waals surface area contributed by atoms with Crippen LogP contribution in [-0.2, 0) is 11.3 Å². The zero-order valence-electron chi connectivity index (χ0n) is 9.54. The van der Waals surface area contributed by atoms with Gasteiger partial charge < -0.3 is 14.6 Å². The maximum absolute atomic E-state index is 11.7. The Kier molecular flexibility index (Phi) is 4.32. The summed E-state index contributed by atoms with van der Waals surface area (Å²) in [5.41, 5.74) is -0.246. The average molecular weight is 247 g/mol. The van der Waals surface area contributed by atoms with Crippen molar-refractivity contribution in [1.29, 1.82) is 0 Å². The Morgan fingerprint density at radius 3 is 2.94 bits per heavy atom. The van der Waals surface area contributed by atoms with E-state index >= 15 is 0 Å². The lowest BCUT2D eigenvalue weighted by atomic mass is 10.1. The normalized spacial score (nSPS) is 11.5. The molecule has 0 spiro atoms. The molecule has 1 aromatic rings. The molecule has 0 aromatic carbocycles. The summed E-state index contributed by atoms with van der Waals surface area (Å²) in [4.78, 5) is 11.7. The van der Waals surface area contributed by atoms with Crippen molar-refractivity contribution in [3.63, 3.8) is 0 Å². The number of nitrogens with one attached hydrogen (secondary N) is 1. The minimum Gasteiger partial charge on any atom is -0.377 e. The smallest absolute Gasteiger partial charge is 0.273 e. The molecule has 0 saturated carbocycles. The van der Waals surface area contributed by atoms with Gasteiger partial charge in [0.05, 0.1) is 0 Å². The molecule has 0 aliphatic carbocycles. The molecule has 90 valence electrons. The molecule has 5 nitrogen and oxygen atoms in total. The van der Waals surface area contributed by atoms with Crippen LogP contribution in [0, 0.1) is 0 Å². The number of ether oxygens (including phenoxy) is 1. The molecule has 0 fully saturated rings. The predicted octanol–water partition coefficient (Wildman–Crippen LogP) is 1.57. The minimum atomic E-state index is -0.473. The van der Waals surface area contributed by atoms with Crippen LogP contribution in [0.1, 0.15) is 30.1 Å². The number of amides is 1. The third-order valence-electron chi connectivity index (χ3n) is 1.86. The van der Waals surface area contributed by atoms with E-state index < -0.39 is 5.54 Å². The first kappa shape index (κ1) is 13.0. The highest BCUT2D eigenvalue weighted by Gasteiger charge is 2.22.